The van der Waals surface area contributed by atoms with E-state index in [9.17, 15) is 4.79 Å². The molecule has 2 amide bonds. The Kier molecular flexibility index (Phi) is 4.38. The predicted molar refractivity (Wildman–Crippen MR) is 56.0 cm³/mol. The molecular formula is C8H17N3OS. The number of rotatable bonds is 2. The van der Waals surface area contributed by atoms with Crippen molar-refractivity contribution in [1.29, 1.82) is 0 Å². The van der Waals surface area contributed by atoms with Crippen LogP contribution in [-0.4, -0.2) is 60.6 Å². The summed E-state index contributed by atoms with van der Waals surface area (Å²) in [5.74, 6) is 2.12. The first-order valence-electron chi connectivity index (χ1n) is 4.53. The van der Waals surface area contributed by atoms with Crippen LogP contribution in [0.4, 0.5) is 4.79 Å². The fourth-order valence-electron chi connectivity index (χ4n) is 1.29. The molecule has 1 rings (SSSR count). The second-order valence-electron chi connectivity index (χ2n) is 3.09. The molecule has 0 aliphatic carbocycles. The Morgan fingerprint density at radius 1 is 1.54 bits per heavy atom. The lowest BCUT2D eigenvalue weighted by molar-refractivity contribution is 0.168. The maximum absolute atomic E-state index is 11.7. The van der Waals surface area contributed by atoms with Gasteiger partial charge < -0.3 is 15.5 Å². The van der Waals surface area contributed by atoms with E-state index >= 15 is 0 Å². The Morgan fingerprint density at radius 2 is 2.15 bits per heavy atom. The topological polar surface area (TPSA) is 49.6 Å². The van der Waals surface area contributed by atoms with Gasteiger partial charge >= 0.3 is 6.03 Å². The smallest absolute Gasteiger partial charge is 0.319 e. The molecule has 0 aromatic rings. The Hall–Kier alpha value is -0.420. The number of carbonyl (C=O) groups excluding carboxylic acids is 1. The van der Waals surface area contributed by atoms with Gasteiger partial charge in [-0.1, -0.05) is 0 Å². The number of nitrogens with zero attached hydrogens (tertiary/aromatic N) is 2. The minimum absolute atomic E-state index is 0.116. The Morgan fingerprint density at radius 3 is 2.69 bits per heavy atom. The maximum atomic E-state index is 11.7. The van der Waals surface area contributed by atoms with E-state index in [0.717, 1.165) is 24.6 Å². The molecule has 0 spiro atoms. The molecule has 5 heteroatoms. The van der Waals surface area contributed by atoms with Crippen LogP contribution in [0.15, 0.2) is 0 Å². The van der Waals surface area contributed by atoms with E-state index in [1.807, 2.05) is 16.7 Å². The van der Waals surface area contributed by atoms with Gasteiger partial charge in [0.1, 0.15) is 0 Å². The van der Waals surface area contributed by atoms with Crippen molar-refractivity contribution in [3.8, 4) is 0 Å². The summed E-state index contributed by atoms with van der Waals surface area (Å²) in [7, 11) is 1.80. The summed E-state index contributed by atoms with van der Waals surface area (Å²) in [6, 6.07) is 0.116. The van der Waals surface area contributed by atoms with E-state index in [1.165, 1.54) is 0 Å². The van der Waals surface area contributed by atoms with E-state index in [2.05, 4.69) is 0 Å². The number of hydrogen-bond donors (Lipinski definition) is 1. The predicted octanol–water partition coefficient (Wildman–Crippen LogP) is 0.0457. The highest BCUT2D eigenvalue weighted by Gasteiger charge is 2.19. The molecule has 1 aliphatic rings. The quantitative estimate of drug-likeness (QED) is 0.689. The summed E-state index contributed by atoms with van der Waals surface area (Å²) in [5, 5.41) is 0. The molecule has 76 valence electrons. The van der Waals surface area contributed by atoms with Gasteiger partial charge in [-0.15, -0.1) is 0 Å². The van der Waals surface area contributed by atoms with Gasteiger partial charge in [-0.25, -0.2) is 4.79 Å². The second-order valence-corrected chi connectivity index (χ2v) is 4.32. The number of hydrogen-bond acceptors (Lipinski definition) is 3. The van der Waals surface area contributed by atoms with Gasteiger partial charge in [0, 0.05) is 44.7 Å². The summed E-state index contributed by atoms with van der Waals surface area (Å²) in [6.45, 7) is 2.92. The number of carbonyl (C=O) groups is 1. The van der Waals surface area contributed by atoms with Crippen LogP contribution in [0.1, 0.15) is 0 Å². The van der Waals surface area contributed by atoms with Gasteiger partial charge in [0.15, 0.2) is 0 Å². The zero-order chi connectivity index (χ0) is 9.68. The molecule has 2 N–H and O–H groups in total. The van der Waals surface area contributed by atoms with Gasteiger partial charge in [-0.3, -0.25) is 0 Å². The summed E-state index contributed by atoms with van der Waals surface area (Å²) >= 11 is 1.90. The molecule has 0 atom stereocenters. The minimum Gasteiger partial charge on any atom is -0.329 e. The summed E-state index contributed by atoms with van der Waals surface area (Å²) in [6.07, 6.45) is 0. The number of nitrogens with two attached hydrogens (primary N) is 1. The second kappa shape index (κ2) is 5.34. The number of likely N-dealkylation sites (N-methyl/N-ethyl adjacent to an activating group) is 1. The lowest BCUT2D eigenvalue weighted by atomic mass is 10.5. The molecule has 1 heterocycles. The molecule has 0 unspecified atom stereocenters. The largest absolute Gasteiger partial charge is 0.329 e. The average Bonchev–Trinajstić information content (AvgIpc) is 2.18. The summed E-state index contributed by atoms with van der Waals surface area (Å²) in [5.41, 5.74) is 5.38. The molecule has 1 aliphatic heterocycles. The SMILES string of the molecule is CN(CCN)C(=O)N1CCSCC1. The molecule has 0 aromatic carbocycles. The number of urea groups is 1. The van der Waals surface area contributed by atoms with Gasteiger partial charge in [-0.05, 0) is 0 Å². The molecular weight excluding hydrogens is 186 g/mol. The first-order valence-corrected chi connectivity index (χ1v) is 5.69. The van der Waals surface area contributed by atoms with Crippen LogP contribution < -0.4 is 5.73 Å². The highest BCUT2D eigenvalue weighted by Crippen LogP contribution is 2.10. The normalized spacial score (nSPS) is 17.2. The van der Waals surface area contributed by atoms with Crippen molar-refractivity contribution >= 4 is 17.8 Å². The van der Waals surface area contributed by atoms with Crippen molar-refractivity contribution < 1.29 is 4.79 Å². The van der Waals surface area contributed by atoms with Crippen molar-refractivity contribution in [3.05, 3.63) is 0 Å². The molecule has 0 saturated carbocycles. The van der Waals surface area contributed by atoms with E-state index in [0.29, 0.717) is 13.1 Å². The number of thioether (sulfide) groups is 1. The molecule has 0 bridgehead atoms. The zero-order valence-electron chi connectivity index (χ0n) is 8.03. The van der Waals surface area contributed by atoms with Gasteiger partial charge in [-0.2, -0.15) is 11.8 Å². The molecule has 0 radical (unpaired) electrons. The standard InChI is InChI=1S/C8H17N3OS/c1-10(3-2-9)8(12)11-4-6-13-7-5-11/h2-7,9H2,1H3. The Labute approximate surface area is 83.4 Å². The van der Waals surface area contributed by atoms with Crippen LogP contribution in [0, 0.1) is 0 Å². The molecule has 13 heavy (non-hydrogen) atoms. The van der Waals surface area contributed by atoms with Crippen LogP contribution >= 0.6 is 11.8 Å². The van der Waals surface area contributed by atoms with Crippen molar-refractivity contribution in [2.24, 2.45) is 5.73 Å². The summed E-state index contributed by atoms with van der Waals surface area (Å²) < 4.78 is 0. The van der Waals surface area contributed by atoms with Gasteiger partial charge in [0.2, 0.25) is 0 Å². The number of amides is 2. The third-order valence-corrected chi connectivity index (χ3v) is 3.02. The summed E-state index contributed by atoms with van der Waals surface area (Å²) in [4.78, 5) is 15.3. The van der Waals surface area contributed by atoms with Gasteiger partial charge in [0.05, 0.1) is 0 Å². The lowest BCUT2D eigenvalue weighted by Crippen LogP contribution is -2.46. The van der Waals surface area contributed by atoms with Gasteiger partial charge in [0.25, 0.3) is 0 Å². The van der Waals surface area contributed by atoms with Crippen LogP contribution in [0.3, 0.4) is 0 Å². The average molecular weight is 203 g/mol. The highest BCUT2D eigenvalue weighted by atomic mass is 32.2. The highest BCUT2D eigenvalue weighted by molar-refractivity contribution is 7.99. The third kappa shape index (κ3) is 3.08. The zero-order valence-corrected chi connectivity index (χ0v) is 8.85. The monoisotopic (exact) mass is 203 g/mol. The third-order valence-electron chi connectivity index (χ3n) is 2.07. The van der Waals surface area contributed by atoms with E-state index < -0.39 is 0 Å². The van der Waals surface area contributed by atoms with Crippen molar-refractivity contribution in [2.45, 2.75) is 0 Å². The van der Waals surface area contributed by atoms with Crippen molar-refractivity contribution in [1.82, 2.24) is 9.80 Å². The minimum atomic E-state index is 0.116. The van der Waals surface area contributed by atoms with E-state index in [-0.39, 0.29) is 6.03 Å². The van der Waals surface area contributed by atoms with E-state index in [1.54, 1.807) is 11.9 Å². The van der Waals surface area contributed by atoms with Crippen molar-refractivity contribution in [2.75, 3.05) is 44.7 Å². The maximum Gasteiger partial charge on any atom is 0.319 e. The van der Waals surface area contributed by atoms with Crippen LogP contribution in [-0.2, 0) is 0 Å². The Bertz CT molecular complexity index is 171. The van der Waals surface area contributed by atoms with Crippen molar-refractivity contribution in [3.63, 3.8) is 0 Å². The lowest BCUT2D eigenvalue weighted by Gasteiger charge is -2.30. The molecule has 1 fully saturated rings. The fraction of sp³-hybridized carbons (Fsp3) is 0.875. The molecule has 0 aromatic heterocycles. The fourth-order valence-corrected chi connectivity index (χ4v) is 2.19. The molecule has 4 nitrogen and oxygen atoms in total. The van der Waals surface area contributed by atoms with E-state index in [4.69, 9.17) is 5.73 Å². The van der Waals surface area contributed by atoms with Crippen LogP contribution in [0.5, 0.6) is 0 Å². The molecule has 1 saturated heterocycles. The Balaban J connectivity index is 2.36. The van der Waals surface area contributed by atoms with Crippen LogP contribution in [0.25, 0.3) is 0 Å². The first kappa shape index (κ1) is 10.7. The first-order chi connectivity index (χ1) is 6.25. The van der Waals surface area contributed by atoms with Crippen LogP contribution in [0.2, 0.25) is 0 Å².